The number of nitrogens with zero attached hydrogens (tertiary/aromatic N) is 2. The summed E-state index contributed by atoms with van der Waals surface area (Å²) in [6.45, 7) is 6.98. The second kappa shape index (κ2) is 10.8. The number of hydrogen-bond donors (Lipinski definition) is 3. The molecule has 2 heterocycles. The third-order valence-electron chi connectivity index (χ3n) is 5.51. The molecule has 34 heavy (non-hydrogen) atoms. The van der Waals surface area contributed by atoms with Crippen molar-refractivity contribution in [2.24, 2.45) is 0 Å². The quantitative estimate of drug-likeness (QED) is 0.256. The lowest BCUT2D eigenvalue weighted by Crippen LogP contribution is -2.30. The number of carbonyl (C=O) groups is 1. The molecular formula is C28H31N5O. The van der Waals surface area contributed by atoms with E-state index < -0.39 is 0 Å². The fourth-order valence-corrected chi connectivity index (χ4v) is 3.75. The van der Waals surface area contributed by atoms with Crippen molar-refractivity contribution in [3.8, 4) is 11.1 Å². The molecule has 4 rings (SSSR count). The van der Waals surface area contributed by atoms with Crippen LogP contribution in [0.25, 0.3) is 22.0 Å². The van der Waals surface area contributed by atoms with Gasteiger partial charge in [0.2, 0.25) is 0 Å². The first-order valence-electron chi connectivity index (χ1n) is 11.8. The SMILES string of the molecule is CCCCNc1ccc(-c2ccc3ncc(C(=O)NC(C)C)c(Nc4ccccc4)c3c2)cn1. The van der Waals surface area contributed by atoms with Crippen LogP contribution >= 0.6 is 0 Å². The van der Waals surface area contributed by atoms with Crippen LogP contribution in [-0.4, -0.2) is 28.5 Å². The normalized spacial score (nSPS) is 10.9. The molecule has 0 aliphatic rings. The number of nitrogens with one attached hydrogen (secondary N) is 3. The van der Waals surface area contributed by atoms with Gasteiger partial charge in [0.05, 0.1) is 16.8 Å². The van der Waals surface area contributed by atoms with Gasteiger partial charge in [-0.15, -0.1) is 0 Å². The molecule has 2 aromatic heterocycles. The number of carbonyl (C=O) groups excluding carboxylic acids is 1. The number of amides is 1. The molecule has 0 aliphatic heterocycles. The maximum atomic E-state index is 13.0. The predicted molar refractivity (Wildman–Crippen MR) is 141 cm³/mol. The van der Waals surface area contributed by atoms with Gasteiger partial charge in [0.25, 0.3) is 5.91 Å². The van der Waals surface area contributed by atoms with Crippen LogP contribution in [0.4, 0.5) is 17.2 Å². The number of rotatable bonds is 9. The Morgan fingerprint density at radius 3 is 2.44 bits per heavy atom. The molecule has 0 bridgehead atoms. The van der Waals surface area contributed by atoms with Crippen LogP contribution in [0.15, 0.2) is 73.1 Å². The van der Waals surface area contributed by atoms with E-state index in [1.165, 1.54) is 0 Å². The topological polar surface area (TPSA) is 78.9 Å². The van der Waals surface area contributed by atoms with Gasteiger partial charge in [-0.05, 0) is 62.2 Å². The van der Waals surface area contributed by atoms with Crippen molar-refractivity contribution >= 4 is 34.0 Å². The maximum absolute atomic E-state index is 13.0. The number of pyridine rings is 2. The number of aromatic nitrogens is 2. The molecule has 2 aromatic carbocycles. The lowest BCUT2D eigenvalue weighted by Gasteiger charge is -2.17. The van der Waals surface area contributed by atoms with Crippen LogP contribution in [0.3, 0.4) is 0 Å². The minimum absolute atomic E-state index is 0.0228. The second-order valence-electron chi connectivity index (χ2n) is 8.61. The van der Waals surface area contributed by atoms with Gasteiger partial charge in [0.1, 0.15) is 5.82 Å². The molecule has 0 saturated carbocycles. The van der Waals surface area contributed by atoms with Crippen molar-refractivity contribution in [3.05, 3.63) is 78.6 Å². The lowest BCUT2D eigenvalue weighted by atomic mass is 10.0. The van der Waals surface area contributed by atoms with Crippen LogP contribution in [0.1, 0.15) is 44.0 Å². The Labute approximate surface area is 200 Å². The summed E-state index contributed by atoms with van der Waals surface area (Å²) in [4.78, 5) is 22.1. The van der Waals surface area contributed by atoms with E-state index in [9.17, 15) is 4.79 Å². The van der Waals surface area contributed by atoms with Crippen molar-refractivity contribution in [3.63, 3.8) is 0 Å². The molecule has 0 fully saturated rings. The first kappa shape index (κ1) is 23.2. The molecule has 0 aliphatic carbocycles. The maximum Gasteiger partial charge on any atom is 0.255 e. The smallest absolute Gasteiger partial charge is 0.255 e. The summed E-state index contributed by atoms with van der Waals surface area (Å²) in [5.41, 5.74) is 4.99. The summed E-state index contributed by atoms with van der Waals surface area (Å²) in [5.74, 6) is 0.719. The van der Waals surface area contributed by atoms with E-state index in [4.69, 9.17) is 0 Å². The molecule has 174 valence electrons. The van der Waals surface area contributed by atoms with E-state index in [-0.39, 0.29) is 11.9 Å². The molecule has 6 nitrogen and oxygen atoms in total. The Morgan fingerprint density at radius 2 is 1.74 bits per heavy atom. The summed E-state index contributed by atoms with van der Waals surface area (Å²) in [6, 6.07) is 20.0. The predicted octanol–water partition coefficient (Wildman–Crippen LogP) is 6.39. The summed E-state index contributed by atoms with van der Waals surface area (Å²) >= 11 is 0. The van der Waals surface area contributed by atoms with E-state index in [1.54, 1.807) is 6.20 Å². The summed E-state index contributed by atoms with van der Waals surface area (Å²) < 4.78 is 0. The van der Waals surface area contributed by atoms with Crippen LogP contribution < -0.4 is 16.0 Å². The molecule has 0 radical (unpaired) electrons. The van der Waals surface area contributed by atoms with Crippen molar-refractivity contribution < 1.29 is 4.79 Å². The number of benzene rings is 2. The Kier molecular flexibility index (Phi) is 7.38. The van der Waals surface area contributed by atoms with E-state index >= 15 is 0 Å². The number of unbranched alkanes of at least 4 members (excludes halogenated alkanes) is 1. The Bertz CT molecular complexity index is 1250. The van der Waals surface area contributed by atoms with E-state index in [0.29, 0.717) is 5.56 Å². The zero-order valence-corrected chi connectivity index (χ0v) is 19.9. The zero-order chi connectivity index (χ0) is 23.9. The van der Waals surface area contributed by atoms with Gasteiger partial charge in [-0.25, -0.2) is 4.98 Å². The number of hydrogen-bond acceptors (Lipinski definition) is 5. The van der Waals surface area contributed by atoms with Gasteiger partial charge in [-0.2, -0.15) is 0 Å². The van der Waals surface area contributed by atoms with Gasteiger partial charge in [-0.3, -0.25) is 9.78 Å². The average molecular weight is 454 g/mol. The lowest BCUT2D eigenvalue weighted by molar-refractivity contribution is 0.0944. The van der Waals surface area contributed by atoms with Crippen molar-refractivity contribution in [2.75, 3.05) is 17.2 Å². The minimum atomic E-state index is -0.155. The average Bonchev–Trinajstić information content (AvgIpc) is 2.85. The molecule has 0 saturated heterocycles. The third-order valence-corrected chi connectivity index (χ3v) is 5.51. The van der Waals surface area contributed by atoms with Crippen LogP contribution in [0.2, 0.25) is 0 Å². The van der Waals surface area contributed by atoms with Gasteiger partial charge in [-0.1, -0.05) is 37.6 Å². The van der Waals surface area contributed by atoms with E-state index in [2.05, 4.69) is 45.0 Å². The first-order chi connectivity index (χ1) is 16.5. The minimum Gasteiger partial charge on any atom is -0.370 e. The Hall–Kier alpha value is -3.93. The molecule has 1 amide bonds. The fourth-order valence-electron chi connectivity index (χ4n) is 3.75. The van der Waals surface area contributed by atoms with Gasteiger partial charge < -0.3 is 16.0 Å². The second-order valence-corrected chi connectivity index (χ2v) is 8.61. The largest absolute Gasteiger partial charge is 0.370 e. The monoisotopic (exact) mass is 453 g/mol. The third kappa shape index (κ3) is 5.52. The van der Waals surface area contributed by atoms with Crippen molar-refractivity contribution in [1.29, 1.82) is 0 Å². The van der Waals surface area contributed by atoms with Gasteiger partial charge >= 0.3 is 0 Å². The standard InChI is InChI=1S/C28H31N5O/c1-4-5-15-29-26-14-12-21(17-31-26)20-11-13-25-23(16-20)27(33-22-9-7-6-8-10-22)24(18-30-25)28(34)32-19(2)3/h6-14,16-19H,4-5,15H2,1-3H3,(H,29,31)(H,30,33)(H,32,34). The Morgan fingerprint density at radius 1 is 0.941 bits per heavy atom. The number of fused-ring (bicyclic) bond motifs is 1. The molecule has 0 unspecified atom stereocenters. The van der Waals surface area contributed by atoms with E-state index in [1.807, 2.05) is 68.6 Å². The summed E-state index contributed by atoms with van der Waals surface area (Å²) in [7, 11) is 0. The van der Waals surface area contributed by atoms with Crippen LogP contribution in [0.5, 0.6) is 0 Å². The van der Waals surface area contributed by atoms with Crippen LogP contribution in [0, 0.1) is 0 Å². The zero-order valence-electron chi connectivity index (χ0n) is 19.9. The highest BCUT2D eigenvalue weighted by molar-refractivity contribution is 6.08. The van der Waals surface area contributed by atoms with Gasteiger partial charge in [0.15, 0.2) is 0 Å². The first-order valence-corrected chi connectivity index (χ1v) is 11.8. The van der Waals surface area contributed by atoms with Gasteiger partial charge in [0, 0.05) is 41.6 Å². The fraction of sp³-hybridized carbons (Fsp3) is 0.250. The molecule has 6 heteroatoms. The number of para-hydroxylation sites is 1. The molecule has 0 spiro atoms. The van der Waals surface area contributed by atoms with Crippen molar-refractivity contribution in [1.82, 2.24) is 15.3 Å². The molecule has 3 N–H and O–H groups in total. The Balaban J connectivity index is 1.75. The number of anilines is 3. The summed E-state index contributed by atoms with van der Waals surface area (Å²) in [5, 5.41) is 10.7. The van der Waals surface area contributed by atoms with Crippen LogP contribution in [-0.2, 0) is 0 Å². The van der Waals surface area contributed by atoms with E-state index in [0.717, 1.165) is 58.6 Å². The highest BCUT2D eigenvalue weighted by atomic mass is 16.1. The molecule has 4 aromatic rings. The van der Waals surface area contributed by atoms with Crippen molar-refractivity contribution in [2.45, 2.75) is 39.7 Å². The highest BCUT2D eigenvalue weighted by Gasteiger charge is 2.17. The summed E-state index contributed by atoms with van der Waals surface area (Å²) in [6.07, 6.45) is 5.78. The highest BCUT2D eigenvalue weighted by Crippen LogP contribution is 2.32. The molecule has 0 atom stereocenters. The molecular weight excluding hydrogens is 422 g/mol.